The summed E-state index contributed by atoms with van der Waals surface area (Å²) >= 11 is 12.1. The van der Waals surface area contributed by atoms with E-state index >= 15 is 0 Å². The van der Waals surface area contributed by atoms with E-state index in [9.17, 15) is 4.79 Å². The van der Waals surface area contributed by atoms with E-state index in [1.165, 1.54) is 12.8 Å². The first kappa shape index (κ1) is 14.6. The third-order valence-electron chi connectivity index (χ3n) is 3.21. The molecule has 0 saturated heterocycles. The van der Waals surface area contributed by atoms with Crippen molar-refractivity contribution >= 4 is 29.1 Å². The van der Waals surface area contributed by atoms with Crippen LogP contribution in [0.25, 0.3) is 0 Å². The minimum Gasteiger partial charge on any atom is -0.341 e. The van der Waals surface area contributed by atoms with Gasteiger partial charge in [-0.15, -0.1) is 0 Å². The van der Waals surface area contributed by atoms with Crippen LogP contribution in [0.4, 0.5) is 0 Å². The number of halogens is 2. The number of hydrogen-bond donors (Lipinski definition) is 1. The number of amides is 1. The lowest BCUT2D eigenvalue weighted by atomic mass is 10.2. The summed E-state index contributed by atoms with van der Waals surface area (Å²) in [5.74, 6) is 0.115. The van der Waals surface area contributed by atoms with Crippen molar-refractivity contribution in [2.75, 3.05) is 13.6 Å². The monoisotopic (exact) mass is 300 g/mol. The van der Waals surface area contributed by atoms with Gasteiger partial charge < -0.3 is 10.2 Å². The van der Waals surface area contributed by atoms with Crippen molar-refractivity contribution in [3.05, 3.63) is 33.8 Å². The van der Waals surface area contributed by atoms with E-state index in [2.05, 4.69) is 5.32 Å². The number of nitrogens with zero attached hydrogens (tertiary/aromatic N) is 1. The SMILES string of the molecule is CN(Cc1cccc(Cl)c1Cl)C(=O)CCNC1CC1. The molecule has 0 bridgehead atoms. The van der Waals surface area contributed by atoms with Crippen LogP contribution in [-0.4, -0.2) is 30.4 Å². The first-order valence-electron chi connectivity index (χ1n) is 6.48. The summed E-state index contributed by atoms with van der Waals surface area (Å²) in [7, 11) is 1.79. The van der Waals surface area contributed by atoms with Crippen LogP contribution >= 0.6 is 23.2 Å². The van der Waals surface area contributed by atoms with Crippen LogP contribution in [0, 0.1) is 0 Å². The summed E-state index contributed by atoms with van der Waals surface area (Å²) < 4.78 is 0. The molecule has 1 fully saturated rings. The molecule has 1 saturated carbocycles. The van der Waals surface area contributed by atoms with Crippen molar-refractivity contribution in [1.29, 1.82) is 0 Å². The number of hydrogen-bond acceptors (Lipinski definition) is 2. The Labute approximate surface area is 123 Å². The molecule has 1 aliphatic rings. The van der Waals surface area contributed by atoms with Crippen LogP contribution in [-0.2, 0) is 11.3 Å². The van der Waals surface area contributed by atoms with Crippen molar-refractivity contribution in [2.24, 2.45) is 0 Å². The zero-order chi connectivity index (χ0) is 13.8. The molecule has 3 nitrogen and oxygen atoms in total. The number of carbonyl (C=O) groups excluding carboxylic acids is 1. The smallest absolute Gasteiger partial charge is 0.223 e. The van der Waals surface area contributed by atoms with Gasteiger partial charge in [-0.05, 0) is 24.5 Å². The van der Waals surface area contributed by atoms with Crippen LogP contribution in [0.3, 0.4) is 0 Å². The van der Waals surface area contributed by atoms with Crippen molar-refractivity contribution in [3.8, 4) is 0 Å². The van der Waals surface area contributed by atoms with E-state index in [1.54, 1.807) is 18.0 Å². The molecule has 19 heavy (non-hydrogen) atoms. The van der Waals surface area contributed by atoms with Gasteiger partial charge in [0.2, 0.25) is 5.91 Å². The summed E-state index contributed by atoms with van der Waals surface area (Å²) in [4.78, 5) is 13.6. The van der Waals surface area contributed by atoms with Gasteiger partial charge in [0, 0.05) is 32.6 Å². The molecule has 0 aromatic heterocycles. The molecule has 0 atom stereocenters. The van der Waals surface area contributed by atoms with Gasteiger partial charge in [0.15, 0.2) is 0 Å². The second kappa shape index (κ2) is 6.60. The predicted octanol–water partition coefficient (Wildman–Crippen LogP) is 3.09. The van der Waals surface area contributed by atoms with Crippen molar-refractivity contribution < 1.29 is 4.79 Å². The molecule has 0 unspecified atom stereocenters. The molecular weight excluding hydrogens is 283 g/mol. The molecule has 1 N–H and O–H groups in total. The van der Waals surface area contributed by atoms with E-state index in [0.29, 0.717) is 29.1 Å². The fourth-order valence-electron chi connectivity index (χ4n) is 1.88. The first-order chi connectivity index (χ1) is 9.08. The van der Waals surface area contributed by atoms with Gasteiger partial charge in [0.25, 0.3) is 0 Å². The average Bonchev–Trinajstić information content (AvgIpc) is 3.19. The highest BCUT2D eigenvalue weighted by atomic mass is 35.5. The molecule has 2 rings (SSSR count). The number of benzene rings is 1. The highest BCUT2D eigenvalue weighted by Gasteiger charge is 2.20. The van der Waals surface area contributed by atoms with Gasteiger partial charge in [-0.2, -0.15) is 0 Å². The molecule has 1 aromatic carbocycles. The summed E-state index contributed by atoms with van der Waals surface area (Å²) in [6.45, 7) is 1.23. The van der Waals surface area contributed by atoms with Gasteiger partial charge in [0.05, 0.1) is 10.0 Å². The summed E-state index contributed by atoms with van der Waals surface area (Å²) in [6, 6.07) is 6.12. The standard InChI is InChI=1S/C14H18Cl2N2O/c1-18(13(19)7-8-17-11-5-6-11)9-10-3-2-4-12(15)14(10)16/h2-4,11,17H,5-9H2,1H3. The van der Waals surface area contributed by atoms with Crippen molar-refractivity contribution in [3.63, 3.8) is 0 Å². The number of nitrogens with one attached hydrogen (secondary N) is 1. The minimum atomic E-state index is 0.115. The van der Waals surface area contributed by atoms with Crippen LogP contribution in [0.15, 0.2) is 18.2 Å². The normalized spacial score (nSPS) is 14.5. The van der Waals surface area contributed by atoms with E-state index in [0.717, 1.165) is 12.1 Å². The Balaban J connectivity index is 1.82. The first-order valence-corrected chi connectivity index (χ1v) is 7.23. The lowest BCUT2D eigenvalue weighted by molar-refractivity contribution is -0.130. The lowest BCUT2D eigenvalue weighted by Crippen LogP contribution is -2.30. The molecule has 1 aromatic rings. The molecule has 104 valence electrons. The minimum absolute atomic E-state index is 0.115. The molecule has 0 radical (unpaired) electrons. The summed E-state index contributed by atoms with van der Waals surface area (Å²) in [5.41, 5.74) is 0.875. The van der Waals surface area contributed by atoms with Crippen molar-refractivity contribution in [2.45, 2.75) is 31.8 Å². The molecule has 1 aliphatic carbocycles. The Kier molecular flexibility index (Phi) is 5.08. The van der Waals surface area contributed by atoms with E-state index in [-0.39, 0.29) is 5.91 Å². The van der Waals surface area contributed by atoms with Crippen molar-refractivity contribution in [1.82, 2.24) is 10.2 Å². The maximum Gasteiger partial charge on any atom is 0.223 e. The lowest BCUT2D eigenvalue weighted by Gasteiger charge is -2.18. The highest BCUT2D eigenvalue weighted by Crippen LogP contribution is 2.26. The molecule has 0 spiro atoms. The molecule has 5 heteroatoms. The number of carbonyl (C=O) groups is 1. The Bertz CT molecular complexity index is 461. The third kappa shape index (κ3) is 4.37. The predicted molar refractivity (Wildman–Crippen MR) is 78.6 cm³/mol. The average molecular weight is 301 g/mol. The van der Waals surface area contributed by atoms with Crippen LogP contribution < -0.4 is 5.32 Å². The Morgan fingerprint density at radius 2 is 2.16 bits per heavy atom. The molecule has 1 amide bonds. The van der Waals surface area contributed by atoms with Gasteiger partial charge in [-0.3, -0.25) is 4.79 Å². The zero-order valence-electron chi connectivity index (χ0n) is 11.0. The van der Waals surface area contributed by atoms with Crippen LogP contribution in [0.5, 0.6) is 0 Å². The second-order valence-corrected chi connectivity index (χ2v) is 5.73. The highest BCUT2D eigenvalue weighted by molar-refractivity contribution is 6.42. The van der Waals surface area contributed by atoms with Gasteiger partial charge in [-0.1, -0.05) is 35.3 Å². The molecule has 0 heterocycles. The number of rotatable bonds is 6. The van der Waals surface area contributed by atoms with E-state index in [1.807, 2.05) is 12.1 Å². The van der Waals surface area contributed by atoms with Gasteiger partial charge in [-0.25, -0.2) is 0 Å². The van der Waals surface area contributed by atoms with E-state index in [4.69, 9.17) is 23.2 Å². The molecular formula is C14H18Cl2N2O. The Morgan fingerprint density at radius 1 is 1.42 bits per heavy atom. The summed E-state index contributed by atoms with van der Waals surface area (Å²) in [5, 5.41) is 4.38. The van der Waals surface area contributed by atoms with E-state index < -0.39 is 0 Å². The topological polar surface area (TPSA) is 32.3 Å². The third-order valence-corrected chi connectivity index (χ3v) is 4.07. The fraction of sp³-hybridized carbons (Fsp3) is 0.500. The fourth-order valence-corrected chi connectivity index (χ4v) is 2.26. The Hall–Kier alpha value is -0.770. The maximum atomic E-state index is 12.0. The maximum absolute atomic E-state index is 12.0. The molecule has 0 aliphatic heterocycles. The second-order valence-electron chi connectivity index (χ2n) is 4.94. The van der Waals surface area contributed by atoms with Crippen LogP contribution in [0.2, 0.25) is 10.0 Å². The Morgan fingerprint density at radius 3 is 2.84 bits per heavy atom. The van der Waals surface area contributed by atoms with Gasteiger partial charge in [0.1, 0.15) is 0 Å². The van der Waals surface area contributed by atoms with Gasteiger partial charge >= 0.3 is 0 Å². The summed E-state index contributed by atoms with van der Waals surface area (Å²) in [6.07, 6.45) is 3.00. The zero-order valence-corrected chi connectivity index (χ0v) is 12.5. The largest absolute Gasteiger partial charge is 0.341 e. The van der Waals surface area contributed by atoms with Crippen LogP contribution in [0.1, 0.15) is 24.8 Å². The quantitative estimate of drug-likeness (QED) is 0.875.